The number of aromatic nitrogens is 2. The summed E-state index contributed by atoms with van der Waals surface area (Å²) >= 11 is 13.2. The van der Waals surface area contributed by atoms with Gasteiger partial charge in [0.15, 0.2) is 0 Å². The van der Waals surface area contributed by atoms with E-state index in [1.54, 1.807) is 6.92 Å². The second-order valence-corrected chi connectivity index (χ2v) is 8.41. The van der Waals surface area contributed by atoms with E-state index in [0.29, 0.717) is 18.9 Å². The molecule has 3 rings (SSSR count). The summed E-state index contributed by atoms with van der Waals surface area (Å²) in [6, 6.07) is 7.78. The van der Waals surface area contributed by atoms with Crippen molar-refractivity contribution in [2.75, 3.05) is 24.5 Å². The second-order valence-electron chi connectivity index (χ2n) is 6.59. The molecule has 1 aromatic heterocycles. The Kier molecular flexibility index (Phi) is 6.73. The van der Waals surface area contributed by atoms with Crippen LogP contribution >= 0.6 is 34.7 Å². The maximum atomic E-state index is 11.6. The fourth-order valence-electron chi connectivity index (χ4n) is 2.94. The number of amides is 1. The lowest BCUT2D eigenvalue weighted by Crippen LogP contribution is -2.40. The Hall–Kier alpha value is -1.37. The zero-order chi connectivity index (χ0) is 18.5. The highest BCUT2D eigenvalue weighted by molar-refractivity contribution is 7.09. The van der Waals surface area contributed by atoms with Crippen molar-refractivity contribution in [3.63, 3.8) is 0 Å². The van der Waals surface area contributed by atoms with Gasteiger partial charge in [0, 0.05) is 42.6 Å². The molecule has 0 unspecified atom stereocenters. The third kappa shape index (κ3) is 5.32. The van der Waals surface area contributed by atoms with Crippen LogP contribution in [0, 0.1) is 5.92 Å². The molecule has 2 heterocycles. The minimum Gasteiger partial charge on any atom is -0.355 e. The van der Waals surface area contributed by atoms with Crippen molar-refractivity contribution in [3.8, 4) is 0 Å². The van der Waals surface area contributed by atoms with E-state index in [1.807, 2.05) is 24.3 Å². The van der Waals surface area contributed by atoms with E-state index in [4.69, 9.17) is 23.2 Å². The zero-order valence-corrected chi connectivity index (χ0v) is 16.9. The van der Waals surface area contributed by atoms with Gasteiger partial charge < -0.3 is 10.2 Å². The number of hydrogen-bond acceptors (Lipinski definition) is 5. The fraction of sp³-hybridized carbons (Fsp3) is 0.500. The summed E-state index contributed by atoms with van der Waals surface area (Å²) < 4.78 is 4.49. The van der Waals surface area contributed by atoms with Crippen LogP contribution in [0.15, 0.2) is 24.3 Å². The molecule has 0 bridgehead atoms. The van der Waals surface area contributed by atoms with Gasteiger partial charge in [-0.05, 0) is 43.4 Å². The van der Waals surface area contributed by atoms with E-state index in [2.05, 4.69) is 19.6 Å². The first-order valence-electron chi connectivity index (χ1n) is 8.75. The number of nitrogens with zero attached hydrogens (tertiary/aromatic N) is 3. The third-order valence-electron chi connectivity index (χ3n) is 4.54. The number of halogens is 2. The number of hydrogen-bond donors (Lipinski definition) is 1. The second kappa shape index (κ2) is 9.02. The van der Waals surface area contributed by atoms with Crippen molar-refractivity contribution in [3.05, 3.63) is 40.7 Å². The number of anilines is 1. The van der Waals surface area contributed by atoms with Gasteiger partial charge in [-0.2, -0.15) is 4.37 Å². The van der Waals surface area contributed by atoms with Crippen LogP contribution in [0.5, 0.6) is 0 Å². The number of carbonyl (C=O) groups is 1. The summed E-state index contributed by atoms with van der Waals surface area (Å²) in [5, 5.41) is 4.16. The van der Waals surface area contributed by atoms with Crippen LogP contribution in [-0.2, 0) is 11.2 Å². The highest BCUT2D eigenvalue weighted by atomic mass is 35.5. The monoisotopic (exact) mass is 412 g/mol. The quantitative estimate of drug-likeness (QED) is 0.733. The highest BCUT2D eigenvalue weighted by Gasteiger charge is 2.22. The predicted molar refractivity (Wildman–Crippen MR) is 107 cm³/mol. The van der Waals surface area contributed by atoms with Gasteiger partial charge >= 0.3 is 0 Å². The number of rotatable bonds is 6. The summed E-state index contributed by atoms with van der Waals surface area (Å²) in [6.45, 7) is 4.26. The molecule has 1 saturated heterocycles. The van der Waals surface area contributed by atoms with E-state index in [9.17, 15) is 4.79 Å². The maximum Gasteiger partial charge on any atom is 0.237 e. The minimum atomic E-state index is -0.476. The molecule has 26 heavy (non-hydrogen) atoms. The largest absolute Gasteiger partial charge is 0.355 e. The van der Waals surface area contributed by atoms with Crippen molar-refractivity contribution < 1.29 is 4.79 Å². The number of piperidine rings is 1. The van der Waals surface area contributed by atoms with Crippen molar-refractivity contribution in [2.45, 2.75) is 31.6 Å². The molecule has 1 aliphatic heterocycles. The van der Waals surface area contributed by atoms with Crippen molar-refractivity contribution in [2.24, 2.45) is 5.92 Å². The molecule has 5 nitrogen and oxygen atoms in total. The van der Waals surface area contributed by atoms with Gasteiger partial charge in [0.1, 0.15) is 11.2 Å². The lowest BCUT2D eigenvalue weighted by molar-refractivity contribution is -0.120. The van der Waals surface area contributed by atoms with Gasteiger partial charge in [-0.3, -0.25) is 4.79 Å². The number of benzene rings is 1. The van der Waals surface area contributed by atoms with E-state index in [-0.39, 0.29) is 5.91 Å². The summed E-state index contributed by atoms with van der Waals surface area (Å²) in [7, 11) is 0. The van der Waals surface area contributed by atoms with Crippen molar-refractivity contribution in [1.82, 2.24) is 14.7 Å². The Balaban J connectivity index is 1.48. The predicted octanol–water partition coefficient (Wildman–Crippen LogP) is 3.74. The topological polar surface area (TPSA) is 58.1 Å². The molecule has 0 saturated carbocycles. The average Bonchev–Trinajstić information content (AvgIpc) is 3.10. The van der Waals surface area contributed by atoms with Crippen molar-refractivity contribution in [1.29, 1.82) is 0 Å². The third-order valence-corrected chi connectivity index (χ3v) is 5.81. The van der Waals surface area contributed by atoms with Crippen LogP contribution in [-0.4, -0.2) is 40.3 Å². The van der Waals surface area contributed by atoms with Gasteiger partial charge in [0.05, 0.1) is 0 Å². The average molecular weight is 413 g/mol. The van der Waals surface area contributed by atoms with Gasteiger partial charge in [-0.1, -0.05) is 23.7 Å². The first kappa shape index (κ1) is 19.4. The summed E-state index contributed by atoms with van der Waals surface area (Å²) in [5.41, 5.74) is 1.15. The molecule has 2 aromatic rings. The molecule has 140 valence electrons. The first-order chi connectivity index (χ1) is 12.5. The van der Waals surface area contributed by atoms with Gasteiger partial charge in [0.25, 0.3) is 0 Å². The lowest BCUT2D eigenvalue weighted by atomic mass is 9.97. The maximum absolute atomic E-state index is 11.6. The number of carbonyl (C=O) groups excluding carboxylic acids is 1. The van der Waals surface area contributed by atoms with Crippen LogP contribution in [0.4, 0.5) is 5.13 Å². The molecule has 0 spiro atoms. The fourth-order valence-corrected chi connectivity index (χ4v) is 3.88. The number of alkyl halides is 1. The SMILES string of the molecule is C[C@@H](Cl)C(=O)NCC1CCN(c2nc(Cc3ccc(Cl)cc3)ns2)CC1. The summed E-state index contributed by atoms with van der Waals surface area (Å²) in [5.74, 6) is 1.25. The first-order valence-corrected chi connectivity index (χ1v) is 10.3. The van der Waals surface area contributed by atoms with E-state index in [0.717, 1.165) is 47.5 Å². The Bertz CT molecular complexity index is 727. The highest BCUT2D eigenvalue weighted by Crippen LogP contribution is 2.25. The Morgan fingerprint density at radius 2 is 2.04 bits per heavy atom. The zero-order valence-electron chi connectivity index (χ0n) is 14.6. The standard InChI is InChI=1S/C18H22Cl2N4OS/c1-12(19)17(25)21-11-14-6-8-24(9-7-14)18-22-16(23-26-18)10-13-2-4-15(20)5-3-13/h2-5,12,14H,6-11H2,1H3,(H,21,25)/t12-/m1/s1. The minimum absolute atomic E-state index is 0.0925. The Morgan fingerprint density at radius 3 is 2.69 bits per heavy atom. The molecule has 1 aromatic carbocycles. The molecule has 1 N–H and O–H groups in total. The molecular formula is C18H22Cl2N4OS. The lowest BCUT2D eigenvalue weighted by Gasteiger charge is -2.31. The molecule has 1 amide bonds. The molecule has 1 atom stereocenters. The van der Waals surface area contributed by atoms with Crippen molar-refractivity contribution >= 4 is 45.8 Å². The molecule has 1 aliphatic rings. The van der Waals surface area contributed by atoms with Gasteiger partial charge in [0.2, 0.25) is 11.0 Å². The molecular weight excluding hydrogens is 391 g/mol. The smallest absolute Gasteiger partial charge is 0.237 e. The molecule has 0 radical (unpaired) electrons. The van der Waals surface area contributed by atoms with Crippen LogP contribution in [0.3, 0.4) is 0 Å². The molecule has 8 heteroatoms. The summed E-state index contributed by atoms with van der Waals surface area (Å²) in [4.78, 5) is 18.5. The van der Waals surface area contributed by atoms with Gasteiger partial charge in [-0.25, -0.2) is 4.98 Å². The van der Waals surface area contributed by atoms with Gasteiger partial charge in [-0.15, -0.1) is 11.6 Å². The van der Waals surface area contributed by atoms with Crippen LogP contribution in [0.1, 0.15) is 31.2 Å². The van der Waals surface area contributed by atoms with Crippen LogP contribution in [0.2, 0.25) is 5.02 Å². The molecule has 0 aliphatic carbocycles. The van der Waals surface area contributed by atoms with E-state index < -0.39 is 5.38 Å². The Morgan fingerprint density at radius 1 is 1.35 bits per heavy atom. The summed E-state index contributed by atoms with van der Waals surface area (Å²) in [6.07, 6.45) is 2.78. The van der Waals surface area contributed by atoms with E-state index >= 15 is 0 Å². The van der Waals surface area contributed by atoms with Crippen LogP contribution in [0.25, 0.3) is 0 Å². The van der Waals surface area contributed by atoms with Crippen LogP contribution < -0.4 is 10.2 Å². The van der Waals surface area contributed by atoms with E-state index in [1.165, 1.54) is 11.5 Å². The Labute approximate surface area is 167 Å². The molecule has 1 fully saturated rings. The number of nitrogens with one attached hydrogen (secondary N) is 1. The normalized spacial score (nSPS) is 16.5.